The van der Waals surface area contributed by atoms with E-state index in [0.29, 0.717) is 18.8 Å². The predicted molar refractivity (Wildman–Crippen MR) is 61.1 cm³/mol. The van der Waals surface area contributed by atoms with Crippen LogP contribution in [0.5, 0.6) is 0 Å². The molecule has 2 unspecified atom stereocenters. The van der Waals surface area contributed by atoms with Gasteiger partial charge in [-0.1, -0.05) is 34.6 Å². The Labute approximate surface area is 92.9 Å². The third kappa shape index (κ3) is 5.41. The van der Waals surface area contributed by atoms with E-state index in [9.17, 15) is 4.79 Å². The van der Waals surface area contributed by atoms with Gasteiger partial charge in [0.25, 0.3) is 0 Å². The molecule has 1 N–H and O–H groups in total. The summed E-state index contributed by atoms with van der Waals surface area (Å²) in [5, 5.41) is 11.4. The smallest absolute Gasteiger partial charge is 0.221 e. The van der Waals surface area contributed by atoms with Crippen molar-refractivity contribution in [3.8, 4) is 6.07 Å². The molecule has 0 aliphatic heterocycles. The molecule has 0 heterocycles. The van der Waals surface area contributed by atoms with E-state index in [2.05, 4.69) is 39.1 Å². The van der Waals surface area contributed by atoms with E-state index in [4.69, 9.17) is 5.26 Å². The molecular formula is C12H22N2O. The second kappa shape index (κ2) is 5.75. The zero-order chi connectivity index (χ0) is 12.1. The van der Waals surface area contributed by atoms with Gasteiger partial charge in [-0.25, -0.2) is 0 Å². The maximum absolute atomic E-state index is 11.6. The monoisotopic (exact) mass is 210 g/mol. The molecule has 1 amide bonds. The molecule has 3 heteroatoms. The molecule has 86 valence electrons. The first kappa shape index (κ1) is 14.0. The number of hydrogen-bond acceptors (Lipinski definition) is 2. The van der Waals surface area contributed by atoms with Gasteiger partial charge in [-0.2, -0.15) is 5.26 Å². The van der Waals surface area contributed by atoms with Crippen molar-refractivity contribution in [2.24, 2.45) is 11.3 Å². The van der Waals surface area contributed by atoms with Gasteiger partial charge in [-0.15, -0.1) is 0 Å². The van der Waals surface area contributed by atoms with Crippen LogP contribution in [0.4, 0.5) is 0 Å². The van der Waals surface area contributed by atoms with E-state index in [1.165, 1.54) is 0 Å². The highest BCUT2D eigenvalue weighted by atomic mass is 16.1. The van der Waals surface area contributed by atoms with E-state index in [1.807, 2.05) is 6.92 Å². The fourth-order valence-corrected chi connectivity index (χ4v) is 1.06. The van der Waals surface area contributed by atoms with Gasteiger partial charge < -0.3 is 5.32 Å². The lowest BCUT2D eigenvalue weighted by atomic mass is 9.80. The molecule has 3 nitrogen and oxygen atoms in total. The van der Waals surface area contributed by atoms with Gasteiger partial charge in [0.2, 0.25) is 5.91 Å². The third-order valence-corrected chi connectivity index (χ3v) is 2.87. The van der Waals surface area contributed by atoms with Crippen molar-refractivity contribution in [2.45, 2.75) is 53.5 Å². The van der Waals surface area contributed by atoms with Crippen LogP contribution >= 0.6 is 0 Å². The van der Waals surface area contributed by atoms with E-state index >= 15 is 0 Å². The summed E-state index contributed by atoms with van der Waals surface area (Å²) in [5.74, 6) is 0.291. The molecule has 2 atom stereocenters. The fraction of sp³-hybridized carbons (Fsp3) is 0.833. The normalized spacial score (nSPS) is 15.2. The van der Waals surface area contributed by atoms with E-state index < -0.39 is 0 Å². The fourth-order valence-electron chi connectivity index (χ4n) is 1.06. The molecule has 0 fully saturated rings. The van der Waals surface area contributed by atoms with Crippen molar-refractivity contribution in [2.75, 3.05) is 0 Å². The Morgan fingerprint density at radius 2 is 2.00 bits per heavy atom. The van der Waals surface area contributed by atoms with Crippen LogP contribution < -0.4 is 5.32 Å². The highest BCUT2D eigenvalue weighted by Gasteiger charge is 2.23. The standard InChI is InChI=1S/C12H22N2O/c1-6-10(8-13)14-11(15)7-9(2)12(3,4)5/h9-10H,6-7H2,1-5H3,(H,14,15). The Hall–Kier alpha value is -1.04. The SMILES string of the molecule is CCC(C#N)NC(=O)CC(C)C(C)(C)C. The maximum Gasteiger partial charge on any atom is 0.221 e. The van der Waals surface area contributed by atoms with Gasteiger partial charge in [0.1, 0.15) is 6.04 Å². The van der Waals surface area contributed by atoms with Crippen LogP contribution in [0.3, 0.4) is 0 Å². The van der Waals surface area contributed by atoms with Crippen molar-refractivity contribution in [1.29, 1.82) is 5.26 Å². The number of nitrogens with zero attached hydrogens (tertiary/aromatic N) is 1. The number of carbonyl (C=O) groups is 1. The number of nitrogens with one attached hydrogen (secondary N) is 1. The molecule has 0 saturated heterocycles. The Morgan fingerprint density at radius 1 is 1.47 bits per heavy atom. The van der Waals surface area contributed by atoms with Gasteiger partial charge in [0, 0.05) is 6.42 Å². The first-order chi connectivity index (χ1) is 6.81. The summed E-state index contributed by atoms with van der Waals surface area (Å²) in [5.41, 5.74) is 0.131. The second-order valence-electron chi connectivity index (χ2n) is 5.13. The molecule has 0 aliphatic carbocycles. The Bertz CT molecular complexity index is 247. The van der Waals surface area contributed by atoms with E-state index in [1.54, 1.807) is 0 Å². The highest BCUT2D eigenvalue weighted by molar-refractivity contribution is 5.76. The van der Waals surface area contributed by atoms with Crippen LogP contribution in [0.1, 0.15) is 47.5 Å². The summed E-state index contributed by atoms with van der Waals surface area (Å²) < 4.78 is 0. The first-order valence-corrected chi connectivity index (χ1v) is 5.50. The van der Waals surface area contributed by atoms with Crippen LogP contribution in [0.25, 0.3) is 0 Å². The topological polar surface area (TPSA) is 52.9 Å². The highest BCUT2D eigenvalue weighted by Crippen LogP contribution is 2.27. The molecule has 0 aromatic carbocycles. The van der Waals surface area contributed by atoms with Gasteiger partial charge >= 0.3 is 0 Å². The van der Waals surface area contributed by atoms with Gasteiger partial charge in [0.15, 0.2) is 0 Å². The van der Waals surface area contributed by atoms with E-state index in [0.717, 1.165) is 0 Å². The molecule has 0 radical (unpaired) electrons. The summed E-state index contributed by atoms with van der Waals surface area (Å²) >= 11 is 0. The van der Waals surface area contributed by atoms with Gasteiger partial charge in [-0.3, -0.25) is 4.79 Å². The van der Waals surface area contributed by atoms with Crippen molar-refractivity contribution in [1.82, 2.24) is 5.32 Å². The number of carbonyl (C=O) groups excluding carboxylic acids is 1. The summed E-state index contributed by atoms with van der Waals surface area (Å²) in [6.45, 7) is 10.3. The molecule has 0 aliphatic rings. The Balaban J connectivity index is 4.11. The quantitative estimate of drug-likeness (QED) is 0.775. The largest absolute Gasteiger partial charge is 0.340 e. The number of amides is 1. The third-order valence-electron chi connectivity index (χ3n) is 2.87. The van der Waals surface area contributed by atoms with Crippen LogP contribution in [0, 0.1) is 22.7 Å². The molecule has 0 aromatic rings. The number of rotatable bonds is 4. The molecule has 15 heavy (non-hydrogen) atoms. The minimum atomic E-state index is -0.343. The molecule has 0 bridgehead atoms. The van der Waals surface area contributed by atoms with Crippen molar-refractivity contribution >= 4 is 5.91 Å². The Kier molecular flexibility index (Phi) is 5.35. The van der Waals surface area contributed by atoms with E-state index in [-0.39, 0.29) is 17.4 Å². The minimum Gasteiger partial charge on any atom is -0.340 e. The summed E-state index contributed by atoms with van der Waals surface area (Å²) in [7, 11) is 0. The zero-order valence-corrected chi connectivity index (χ0v) is 10.4. The second-order valence-corrected chi connectivity index (χ2v) is 5.13. The molecule has 0 spiro atoms. The molecular weight excluding hydrogens is 188 g/mol. The van der Waals surface area contributed by atoms with Crippen molar-refractivity contribution in [3.63, 3.8) is 0 Å². The minimum absolute atomic E-state index is 0.0224. The van der Waals surface area contributed by atoms with Gasteiger partial charge in [0.05, 0.1) is 6.07 Å². The molecule has 0 rings (SSSR count). The number of nitriles is 1. The van der Waals surface area contributed by atoms with Gasteiger partial charge in [-0.05, 0) is 17.8 Å². The first-order valence-electron chi connectivity index (χ1n) is 5.50. The van der Waals surface area contributed by atoms with Crippen molar-refractivity contribution in [3.05, 3.63) is 0 Å². The van der Waals surface area contributed by atoms with Crippen LogP contribution in [-0.2, 0) is 4.79 Å². The average molecular weight is 210 g/mol. The van der Waals surface area contributed by atoms with Crippen LogP contribution in [-0.4, -0.2) is 11.9 Å². The maximum atomic E-state index is 11.6. The zero-order valence-electron chi connectivity index (χ0n) is 10.4. The summed E-state index contributed by atoms with van der Waals surface area (Å²) in [4.78, 5) is 11.6. The molecule has 0 aromatic heterocycles. The lowest BCUT2D eigenvalue weighted by Gasteiger charge is -2.26. The Morgan fingerprint density at radius 3 is 2.33 bits per heavy atom. The van der Waals surface area contributed by atoms with Crippen molar-refractivity contribution < 1.29 is 4.79 Å². The lowest BCUT2D eigenvalue weighted by molar-refractivity contribution is -0.123. The lowest BCUT2D eigenvalue weighted by Crippen LogP contribution is -2.35. The van der Waals surface area contributed by atoms with Crippen LogP contribution in [0.2, 0.25) is 0 Å². The summed E-state index contributed by atoms with van der Waals surface area (Å²) in [6, 6.07) is 1.72. The number of hydrogen-bond donors (Lipinski definition) is 1. The average Bonchev–Trinajstić information content (AvgIpc) is 2.12. The predicted octanol–water partition coefficient (Wildman–Crippen LogP) is 2.48. The van der Waals surface area contributed by atoms with Crippen LogP contribution in [0.15, 0.2) is 0 Å². The molecule has 0 saturated carbocycles. The summed E-state index contributed by atoms with van der Waals surface area (Å²) in [6.07, 6.45) is 1.15.